The largest absolute Gasteiger partial charge is 0.493 e. The Kier molecular flexibility index (Phi) is 5.40. The van der Waals surface area contributed by atoms with Crippen molar-refractivity contribution in [2.45, 2.75) is 12.5 Å². The minimum Gasteiger partial charge on any atom is -0.493 e. The number of para-hydroxylation sites is 1. The average Bonchev–Trinajstić information content (AvgIpc) is 2.66. The molecule has 1 aliphatic heterocycles. The standard InChI is InChI=1S/C19H21NO5/c1-23-17-7-6-13(12-18(17)25-11-9-21)19(22)20-15-8-10-24-16-5-3-2-4-14(15)16/h2-7,12,15,21H,8-11H2,1H3,(H,20,22)/t15-/m0/s1. The highest BCUT2D eigenvalue weighted by molar-refractivity contribution is 5.95. The number of hydrogen-bond donors (Lipinski definition) is 2. The maximum atomic E-state index is 12.7. The number of aliphatic hydroxyl groups excluding tert-OH is 1. The summed E-state index contributed by atoms with van der Waals surface area (Å²) in [7, 11) is 1.53. The molecule has 0 bridgehead atoms. The molecule has 0 saturated heterocycles. The van der Waals surface area contributed by atoms with Crippen molar-refractivity contribution in [3.05, 3.63) is 53.6 Å². The Morgan fingerprint density at radius 2 is 2.12 bits per heavy atom. The first-order chi connectivity index (χ1) is 12.2. The first-order valence-corrected chi connectivity index (χ1v) is 8.17. The Bertz CT molecular complexity index is 746. The maximum absolute atomic E-state index is 12.7. The molecule has 0 unspecified atom stereocenters. The molecule has 6 heteroatoms. The summed E-state index contributed by atoms with van der Waals surface area (Å²) in [4.78, 5) is 12.7. The molecule has 1 amide bonds. The SMILES string of the molecule is COc1ccc(C(=O)N[C@H]2CCOc3ccccc32)cc1OCCO. The molecule has 25 heavy (non-hydrogen) atoms. The zero-order chi connectivity index (χ0) is 17.6. The van der Waals surface area contributed by atoms with Crippen LogP contribution in [0.2, 0.25) is 0 Å². The zero-order valence-corrected chi connectivity index (χ0v) is 14.0. The van der Waals surface area contributed by atoms with Crippen LogP contribution in [-0.2, 0) is 0 Å². The van der Waals surface area contributed by atoms with Crippen LogP contribution in [0.5, 0.6) is 17.2 Å². The zero-order valence-electron chi connectivity index (χ0n) is 14.0. The van der Waals surface area contributed by atoms with E-state index in [0.717, 1.165) is 11.3 Å². The highest BCUT2D eigenvalue weighted by Crippen LogP contribution is 2.32. The molecule has 2 aromatic rings. The van der Waals surface area contributed by atoms with Crippen LogP contribution in [0.3, 0.4) is 0 Å². The minimum absolute atomic E-state index is 0.0960. The van der Waals surface area contributed by atoms with Gasteiger partial charge in [-0.05, 0) is 24.3 Å². The molecule has 0 radical (unpaired) electrons. The lowest BCUT2D eigenvalue weighted by Crippen LogP contribution is -2.32. The molecule has 0 spiro atoms. The third kappa shape index (κ3) is 3.85. The minimum atomic E-state index is -0.196. The maximum Gasteiger partial charge on any atom is 0.251 e. The summed E-state index contributed by atoms with van der Waals surface area (Å²) in [5.41, 5.74) is 1.45. The predicted octanol–water partition coefficient (Wildman–Crippen LogP) is 2.32. The molecular weight excluding hydrogens is 322 g/mol. The number of fused-ring (bicyclic) bond motifs is 1. The average molecular weight is 343 g/mol. The Balaban J connectivity index is 1.78. The number of aliphatic hydroxyl groups is 1. The van der Waals surface area contributed by atoms with Gasteiger partial charge in [-0.1, -0.05) is 18.2 Å². The molecule has 0 aliphatic carbocycles. The van der Waals surface area contributed by atoms with Crippen molar-refractivity contribution in [2.75, 3.05) is 26.9 Å². The molecule has 1 atom stereocenters. The Morgan fingerprint density at radius 1 is 1.28 bits per heavy atom. The second-order valence-electron chi connectivity index (χ2n) is 5.64. The molecule has 3 rings (SSSR count). The molecule has 6 nitrogen and oxygen atoms in total. The van der Waals surface area contributed by atoms with Crippen LogP contribution in [0.1, 0.15) is 28.4 Å². The molecule has 0 aromatic heterocycles. The first-order valence-electron chi connectivity index (χ1n) is 8.17. The number of nitrogens with one attached hydrogen (secondary N) is 1. The summed E-state index contributed by atoms with van der Waals surface area (Å²) in [6.07, 6.45) is 0.715. The van der Waals surface area contributed by atoms with Crippen molar-refractivity contribution in [2.24, 2.45) is 0 Å². The molecule has 132 valence electrons. The quantitative estimate of drug-likeness (QED) is 0.842. The van der Waals surface area contributed by atoms with Crippen molar-refractivity contribution in [3.8, 4) is 17.2 Å². The van der Waals surface area contributed by atoms with Crippen LogP contribution in [0.15, 0.2) is 42.5 Å². The number of hydrogen-bond acceptors (Lipinski definition) is 5. The Morgan fingerprint density at radius 3 is 2.92 bits per heavy atom. The second kappa shape index (κ2) is 7.90. The van der Waals surface area contributed by atoms with E-state index in [1.807, 2.05) is 24.3 Å². The summed E-state index contributed by atoms with van der Waals surface area (Å²) in [5.74, 6) is 1.55. The normalized spacial score (nSPS) is 15.7. The fraction of sp³-hybridized carbons (Fsp3) is 0.316. The van der Waals surface area contributed by atoms with Crippen LogP contribution in [0, 0.1) is 0 Å². The third-order valence-electron chi connectivity index (χ3n) is 4.04. The van der Waals surface area contributed by atoms with E-state index in [1.165, 1.54) is 7.11 Å². The van der Waals surface area contributed by atoms with E-state index in [2.05, 4.69) is 5.32 Å². The van der Waals surface area contributed by atoms with Gasteiger partial charge < -0.3 is 24.6 Å². The lowest BCUT2D eigenvalue weighted by Gasteiger charge is -2.26. The lowest BCUT2D eigenvalue weighted by molar-refractivity contribution is 0.0924. The van der Waals surface area contributed by atoms with Crippen molar-refractivity contribution in [1.29, 1.82) is 0 Å². The van der Waals surface area contributed by atoms with E-state index in [0.29, 0.717) is 30.1 Å². The summed E-state index contributed by atoms with van der Waals surface area (Å²) in [5, 5.41) is 12.0. The molecule has 1 aliphatic rings. The fourth-order valence-electron chi connectivity index (χ4n) is 2.82. The van der Waals surface area contributed by atoms with E-state index < -0.39 is 0 Å². The molecule has 0 saturated carbocycles. The van der Waals surface area contributed by atoms with E-state index in [-0.39, 0.29) is 25.2 Å². The van der Waals surface area contributed by atoms with Gasteiger partial charge in [0.1, 0.15) is 12.4 Å². The molecule has 1 heterocycles. The number of ether oxygens (including phenoxy) is 3. The second-order valence-corrected chi connectivity index (χ2v) is 5.64. The fourth-order valence-corrected chi connectivity index (χ4v) is 2.82. The van der Waals surface area contributed by atoms with Gasteiger partial charge in [0, 0.05) is 17.5 Å². The number of methoxy groups -OCH3 is 1. The van der Waals surface area contributed by atoms with Gasteiger partial charge in [-0.25, -0.2) is 0 Å². The monoisotopic (exact) mass is 343 g/mol. The van der Waals surface area contributed by atoms with Crippen LogP contribution in [0.25, 0.3) is 0 Å². The number of benzene rings is 2. The Labute approximate surface area is 146 Å². The molecule has 0 fully saturated rings. The highest BCUT2D eigenvalue weighted by Gasteiger charge is 2.23. The highest BCUT2D eigenvalue weighted by atomic mass is 16.5. The van der Waals surface area contributed by atoms with E-state index in [1.54, 1.807) is 18.2 Å². The van der Waals surface area contributed by atoms with Gasteiger partial charge in [0.15, 0.2) is 11.5 Å². The first kappa shape index (κ1) is 17.1. The lowest BCUT2D eigenvalue weighted by atomic mass is 10.00. The van der Waals surface area contributed by atoms with Crippen molar-refractivity contribution >= 4 is 5.91 Å². The van der Waals surface area contributed by atoms with Gasteiger partial charge in [-0.3, -0.25) is 4.79 Å². The van der Waals surface area contributed by atoms with E-state index >= 15 is 0 Å². The van der Waals surface area contributed by atoms with Crippen molar-refractivity contribution < 1.29 is 24.1 Å². The topological polar surface area (TPSA) is 77.0 Å². The molecule has 2 aromatic carbocycles. The van der Waals surface area contributed by atoms with Crippen LogP contribution < -0.4 is 19.5 Å². The van der Waals surface area contributed by atoms with Gasteiger partial charge >= 0.3 is 0 Å². The van der Waals surface area contributed by atoms with E-state index in [9.17, 15) is 4.79 Å². The van der Waals surface area contributed by atoms with Gasteiger partial charge in [-0.2, -0.15) is 0 Å². The smallest absolute Gasteiger partial charge is 0.251 e. The third-order valence-corrected chi connectivity index (χ3v) is 4.04. The van der Waals surface area contributed by atoms with Crippen LogP contribution in [0.4, 0.5) is 0 Å². The van der Waals surface area contributed by atoms with Crippen molar-refractivity contribution in [3.63, 3.8) is 0 Å². The molecular formula is C19H21NO5. The van der Waals surface area contributed by atoms with Gasteiger partial charge in [0.05, 0.1) is 26.4 Å². The number of carbonyl (C=O) groups is 1. The Hall–Kier alpha value is -2.73. The summed E-state index contributed by atoms with van der Waals surface area (Å²) < 4.78 is 16.3. The van der Waals surface area contributed by atoms with Gasteiger partial charge in [0.25, 0.3) is 5.91 Å². The number of rotatable bonds is 6. The van der Waals surface area contributed by atoms with Crippen LogP contribution in [-0.4, -0.2) is 37.9 Å². The van der Waals surface area contributed by atoms with E-state index in [4.69, 9.17) is 19.3 Å². The number of amides is 1. The van der Waals surface area contributed by atoms with Gasteiger partial charge in [-0.15, -0.1) is 0 Å². The summed E-state index contributed by atoms with van der Waals surface area (Å²) in [6, 6.07) is 12.6. The number of carbonyl (C=O) groups excluding carboxylic acids is 1. The predicted molar refractivity (Wildman–Crippen MR) is 92.3 cm³/mol. The molecule has 2 N–H and O–H groups in total. The van der Waals surface area contributed by atoms with Crippen molar-refractivity contribution in [1.82, 2.24) is 5.32 Å². The summed E-state index contributed by atoms with van der Waals surface area (Å²) >= 11 is 0. The van der Waals surface area contributed by atoms with Crippen LogP contribution >= 0.6 is 0 Å². The van der Waals surface area contributed by atoms with Gasteiger partial charge in [0.2, 0.25) is 0 Å². The summed E-state index contributed by atoms with van der Waals surface area (Å²) in [6.45, 7) is 0.586.